The van der Waals surface area contributed by atoms with Gasteiger partial charge < -0.3 is 20.3 Å². The zero-order chi connectivity index (χ0) is 44.5. The summed E-state index contributed by atoms with van der Waals surface area (Å²) < 4.78 is 5.90. The lowest BCUT2D eigenvalue weighted by molar-refractivity contribution is -0.151. The molecule has 0 aliphatic rings. The second-order valence-electron chi connectivity index (χ2n) is 17.6. The van der Waals surface area contributed by atoms with Crippen LogP contribution >= 0.6 is 0 Å². The number of aliphatic hydroxyl groups is 2. The molecular formula is C55H99NO5. The summed E-state index contributed by atoms with van der Waals surface area (Å²) in [7, 11) is 0. The van der Waals surface area contributed by atoms with E-state index in [2.05, 4.69) is 86.8 Å². The molecule has 0 aromatic rings. The van der Waals surface area contributed by atoms with Crippen LogP contribution in [0.3, 0.4) is 0 Å². The Morgan fingerprint density at radius 2 is 0.902 bits per heavy atom. The molecule has 61 heavy (non-hydrogen) atoms. The fourth-order valence-corrected chi connectivity index (χ4v) is 7.61. The van der Waals surface area contributed by atoms with Gasteiger partial charge in [0.1, 0.15) is 6.10 Å². The normalized spacial score (nSPS) is 13.7. The van der Waals surface area contributed by atoms with E-state index < -0.39 is 18.2 Å². The molecule has 0 aromatic heterocycles. The summed E-state index contributed by atoms with van der Waals surface area (Å²) >= 11 is 0. The van der Waals surface area contributed by atoms with E-state index in [-0.39, 0.29) is 24.9 Å². The fraction of sp³-hybridized carbons (Fsp3) is 0.782. The van der Waals surface area contributed by atoms with Gasteiger partial charge in [-0.3, -0.25) is 9.59 Å². The molecule has 0 spiro atoms. The van der Waals surface area contributed by atoms with Crippen LogP contribution in [-0.2, 0) is 14.3 Å². The van der Waals surface area contributed by atoms with Crippen molar-refractivity contribution in [2.75, 3.05) is 6.61 Å². The first-order valence-electron chi connectivity index (χ1n) is 26.0. The lowest BCUT2D eigenvalue weighted by Crippen LogP contribution is -2.46. The van der Waals surface area contributed by atoms with Crippen molar-refractivity contribution in [3.05, 3.63) is 60.8 Å². The molecule has 0 aliphatic heterocycles. The third kappa shape index (κ3) is 44.0. The van der Waals surface area contributed by atoms with Crippen LogP contribution < -0.4 is 5.32 Å². The number of unbranched alkanes of at least 4 members (excludes halogenated alkanes) is 25. The van der Waals surface area contributed by atoms with E-state index >= 15 is 0 Å². The Morgan fingerprint density at radius 3 is 1.43 bits per heavy atom. The van der Waals surface area contributed by atoms with Crippen molar-refractivity contribution in [1.29, 1.82) is 0 Å². The fourth-order valence-electron chi connectivity index (χ4n) is 7.61. The number of carbonyl (C=O) groups is 2. The predicted octanol–water partition coefficient (Wildman–Crippen LogP) is 15.6. The largest absolute Gasteiger partial charge is 0.462 e. The summed E-state index contributed by atoms with van der Waals surface area (Å²) in [5.74, 6) is -0.535. The van der Waals surface area contributed by atoms with Crippen LogP contribution in [0.5, 0.6) is 0 Å². The Kier molecular flexibility index (Phi) is 46.6. The average Bonchev–Trinajstić information content (AvgIpc) is 3.25. The molecule has 3 N–H and O–H groups in total. The average molecular weight is 854 g/mol. The van der Waals surface area contributed by atoms with E-state index in [9.17, 15) is 19.8 Å². The number of amides is 1. The number of allylic oxidation sites excluding steroid dienone is 10. The van der Waals surface area contributed by atoms with Gasteiger partial charge in [0.2, 0.25) is 5.91 Å². The quantitative estimate of drug-likeness (QED) is 0.0245. The molecule has 0 rings (SSSR count). The molecule has 0 saturated carbocycles. The van der Waals surface area contributed by atoms with Crippen LogP contribution in [0.25, 0.3) is 0 Å². The molecule has 354 valence electrons. The highest BCUT2D eigenvalue weighted by molar-refractivity contribution is 5.77. The summed E-state index contributed by atoms with van der Waals surface area (Å²) in [5, 5.41) is 23.7. The van der Waals surface area contributed by atoms with Crippen LogP contribution in [-0.4, -0.2) is 46.9 Å². The minimum atomic E-state index is -0.801. The third-order valence-electron chi connectivity index (χ3n) is 11.6. The number of esters is 1. The van der Waals surface area contributed by atoms with Crippen molar-refractivity contribution in [2.45, 2.75) is 270 Å². The highest BCUT2D eigenvalue weighted by Crippen LogP contribution is 2.16. The van der Waals surface area contributed by atoms with Crippen molar-refractivity contribution in [3.8, 4) is 0 Å². The van der Waals surface area contributed by atoms with Gasteiger partial charge in [-0.25, -0.2) is 0 Å². The van der Waals surface area contributed by atoms with Gasteiger partial charge in [0.25, 0.3) is 0 Å². The standard InChI is InChI=1S/C55H99NO5/c1-4-7-10-13-16-19-21-23-25-26-27-28-29-31-33-36-39-42-45-48-55(60)61-51(46-43-40-37-35-32-30-24-22-20-17-14-11-8-5-2)49-54(59)56-52(50-57)53(58)47-44-41-38-34-18-15-12-9-6-3/h16,19,23,25,27-28,30,32,35,37,51-53,57-58H,4-15,17-18,20-22,24,26,29,31,33-34,36,38-50H2,1-3H3,(H,56,59)/b19-16-,25-23-,28-27-,32-30+,37-35+. The van der Waals surface area contributed by atoms with Crippen molar-refractivity contribution in [3.63, 3.8) is 0 Å². The number of aliphatic hydroxyl groups excluding tert-OH is 2. The summed E-state index contributed by atoms with van der Waals surface area (Å²) in [5.41, 5.74) is 0. The van der Waals surface area contributed by atoms with E-state index in [1.165, 1.54) is 128 Å². The zero-order valence-corrected chi connectivity index (χ0v) is 40.3. The highest BCUT2D eigenvalue weighted by atomic mass is 16.5. The van der Waals surface area contributed by atoms with Crippen molar-refractivity contribution >= 4 is 11.9 Å². The Morgan fingerprint density at radius 1 is 0.492 bits per heavy atom. The highest BCUT2D eigenvalue weighted by Gasteiger charge is 2.24. The lowest BCUT2D eigenvalue weighted by Gasteiger charge is -2.24. The molecule has 0 heterocycles. The Balaban J connectivity index is 4.63. The number of nitrogens with one attached hydrogen (secondary N) is 1. The van der Waals surface area contributed by atoms with Crippen molar-refractivity contribution in [1.82, 2.24) is 5.32 Å². The number of ether oxygens (including phenoxy) is 1. The van der Waals surface area contributed by atoms with E-state index in [4.69, 9.17) is 4.74 Å². The van der Waals surface area contributed by atoms with Crippen LogP contribution in [0.4, 0.5) is 0 Å². The second kappa shape index (κ2) is 48.6. The first-order valence-corrected chi connectivity index (χ1v) is 26.0. The molecule has 3 unspecified atom stereocenters. The Bertz CT molecular complexity index is 1090. The van der Waals surface area contributed by atoms with Gasteiger partial charge in [0.15, 0.2) is 0 Å². The maximum Gasteiger partial charge on any atom is 0.306 e. The number of hydrogen-bond acceptors (Lipinski definition) is 5. The summed E-state index contributed by atoms with van der Waals surface area (Å²) in [6, 6.07) is -0.718. The van der Waals surface area contributed by atoms with Crippen LogP contribution in [0.15, 0.2) is 60.8 Å². The molecule has 0 radical (unpaired) electrons. The van der Waals surface area contributed by atoms with Crippen LogP contribution in [0.1, 0.15) is 252 Å². The van der Waals surface area contributed by atoms with E-state index in [1.54, 1.807) is 0 Å². The molecule has 0 bridgehead atoms. The topological polar surface area (TPSA) is 95.9 Å². The maximum atomic E-state index is 13.2. The van der Waals surface area contributed by atoms with Gasteiger partial charge in [0, 0.05) is 6.42 Å². The number of hydrogen-bond donors (Lipinski definition) is 3. The smallest absolute Gasteiger partial charge is 0.306 e. The van der Waals surface area contributed by atoms with Crippen molar-refractivity contribution < 1.29 is 24.5 Å². The summed E-state index contributed by atoms with van der Waals surface area (Å²) in [6.07, 6.45) is 60.0. The Hall–Kier alpha value is -2.44. The molecule has 3 atom stereocenters. The van der Waals surface area contributed by atoms with Gasteiger partial charge in [-0.05, 0) is 83.5 Å². The summed E-state index contributed by atoms with van der Waals surface area (Å²) in [4.78, 5) is 26.1. The molecule has 1 amide bonds. The minimum absolute atomic E-state index is 0.0380. The molecule has 0 fully saturated rings. The number of carbonyl (C=O) groups excluding carboxylic acids is 2. The molecule has 0 saturated heterocycles. The summed E-state index contributed by atoms with van der Waals surface area (Å²) in [6.45, 7) is 6.41. The SMILES string of the molecule is CCCCC/C=C\C/C=C\C/C=C\CCCCCCCCC(=O)OC(CCC/C=C/C=C/CCCCCCCCC)CC(=O)NC(CO)C(O)CCCCCCCCCCC. The van der Waals surface area contributed by atoms with Crippen molar-refractivity contribution in [2.24, 2.45) is 0 Å². The molecule has 6 heteroatoms. The minimum Gasteiger partial charge on any atom is -0.462 e. The molecule has 0 aromatic carbocycles. The first-order chi connectivity index (χ1) is 30.0. The maximum absolute atomic E-state index is 13.2. The number of rotatable bonds is 46. The molecular weight excluding hydrogens is 755 g/mol. The van der Waals surface area contributed by atoms with Gasteiger partial charge >= 0.3 is 5.97 Å². The zero-order valence-electron chi connectivity index (χ0n) is 40.3. The second-order valence-corrected chi connectivity index (χ2v) is 17.6. The first kappa shape index (κ1) is 58.6. The monoisotopic (exact) mass is 854 g/mol. The van der Waals surface area contributed by atoms with Gasteiger partial charge in [0.05, 0.1) is 25.2 Å². The predicted molar refractivity (Wildman–Crippen MR) is 264 cm³/mol. The Labute approximate surface area is 378 Å². The molecule has 0 aliphatic carbocycles. The third-order valence-corrected chi connectivity index (χ3v) is 11.6. The van der Waals surface area contributed by atoms with E-state index in [0.717, 1.165) is 77.0 Å². The van der Waals surface area contributed by atoms with Gasteiger partial charge in [-0.15, -0.1) is 0 Å². The lowest BCUT2D eigenvalue weighted by atomic mass is 10.0. The van der Waals surface area contributed by atoms with E-state index in [1.807, 2.05) is 0 Å². The van der Waals surface area contributed by atoms with Gasteiger partial charge in [-0.1, -0.05) is 216 Å². The van der Waals surface area contributed by atoms with Gasteiger partial charge in [-0.2, -0.15) is 0 Å². The van der Waals surface area contributed by atoms with Crippen LogP contribution in [0, 0.1) is 0 Å². The van der Waals surface area contributed by atoms with E-state index in [0.29, 0.717) is 19.3 Å². The van der Waals surface area contributed by atoms with Crippen LogP contribution in [0.2, 0.25) is 0 Å². The molecule has 6 nitrogen and oxygen atoms in total.